The second-order valence-corrected chi connectivity index (χ2v) is 11.9. The molecular weight excluding hydrogens is 432 g/mol. The van der Waals surface area contributed by atoms with Gasteiger partial charge >= 0.3 is 5.97 Å². The summed E-state index contributed by atoms with van der Waals surface area (Å²) in [4.78, 5) is 27.1. The molecule has 2 bridgehead atoms. The number of ketones is 1. The first-order valence-electron chi connectivity index (χ1n) is 13.1. The van der Waals surface area contributed by atoms with E-state index in [4.69, 9.17) is 4.74 Å². The summed E-state index contributed by atoms with van der Waals surface area (Å²) in [6.07, 6.45) is 6.78. The Morgan fingerprint density at radius 1 is 1.21 bits per heavy atom. The maximum absolute atomic E-state index is 14.3. The second kappa shape index (κ2) is 8.86. The standard InChI is InChI=1S/C28H42O6/c1-6-7-8-9-10-11-21(30)34-25-16(2)14-27-17(3)12-20-22(26(20,4)5)19(24(27)32)13-18(15-29)23(31)28(25,27)33/h13-14,17,19-20,22-23,25,29,31,33H,6-12,15H2,1-5H3. The van der Waals surface area contributed by atoms with Crippen molar-refractivity contribution in [2.45, 2.75) is 97.4 Å². The third-order valence-electron chi connectivity index (χ3n) is 9.63. The van der Waals surface area contributed by atoms with Crippen LogP contribution in [0.4, 0.5) is 0 Å². The smallest absolute Gasteiger partial charge is 0.306 e. The molecule has 4 aliphatic carbocycles. The number of unbranched alkanes of at least 4 members (excludes halogenated alkanes) is 4. The van der Waals surface area contributed by atoms with E-state index in [0.717, 1.165) is 32.1 Å². The molecule has 0 amide bonds. The van der Waals surface area contributed by atoms with Crippen molar-refractivity contribution in [3.8, 4) is 0 Å². The first-order chi connectivity index (χ1) is 16.0. The van der Waals surface area contributed by atoms with E-state index in [9.17, 15) is 24.9 Å². The Kier molecular flexibility index (Phi) is 6.67. The number of rotatable bonds is 8. The van der Waals surface area contributed by atoms with Crippen molar-refractivity contribution in [3.05, 3.63) is 23.3 Å². The highest BCUT2D eigenvalue weighted by Gasteiger charge is 2.76. The molecule has 6 nitrogen and oxygen atoms in total. The molecule has 2 saturated carbocycles. The number of ether oxygens (including phenoxy) is 1. The van der Waals surface area contributed by atoms with Crippen molar-refractivity contribution < 1.29 is 29.6 Å². The van der Waals surface area contributed by atoms with Gasteiger partial charge in [-0.3, -0.25) is 9.59 Å². The molecule has 8 atom stereocenters. The third-order valence-corrected chi connectivity index (χ3v) is 9.63. The lowest BCUT2D eigenvalue weighted by molar-refractivity contribution is -0.203. The lowest BCUT2D eigenvalue weighted by Crippen LogP contribution is -2.65. The predicted molar refractivity (Wildman–Crippen MR) is 129 cm³/mol. The molecule has 0 aromatic carbocycles. The maximum Gasteiger partial charge on any atom is 0.306 e. The fraction of sp³-hybridized carbons (Fsp3) is 0.786. The molecular formula is C28H42O6. The van der Waals surface area contributed by atoms with E-state index in [1.54, 1.807) is 19.1 Å². The van der Waals surface area contributed by atoms with Gasteiger partial charge in [-0.05, 0) is 54.1 Å². The monoisotopic (exact) mass is 474 g/mol. The summed E-state index contributed by atoms with van der Waals surface area (Å²) in [5.41, 5.74) is -2.60. The topological polar surface area (TPSA) is 104 Å². The molecule has 0 radical (unpaired) electrons. The van der Waals surface area contributed by atoms with E-state index < -0.39 is 41.7 Å². The molecule has 190 valence electrons. The molecule has 6 heteroatoms. The minimum absolute atomic E-state index is 0.0122. The summed E-state index contributed by atoms with van der Waals surface area (Å²) in [6.45, 7) is 9.74. The number of hydrogen-bond acceptors (Lipinski definition) is 6. The van der Waals surface area contributed by atoms with Crippen molar-refractivity contribution in [1.29, 1.82) is 0 Å². The molecule has 2 fully saturated rings. The van der Waals surface area contributed by atoms with Crippen LogP contribution in [0, 0.1) is 34.5 Å². The molecule has 4 aliphatic rings. The Morgan fingerprint density at radius 3 is 2.53 bits per heavy atom. The largest absolute Gasteiger partial charge is 0.455 e. The third kappa shape index (κ3) is 3.47. The number of hydrogen-bond donors (Lipinski definition) is 3. The Bertz CT molecular complexity index is 903. The number of fused-ring (bicyclic) bond motifs is 3. The molecule has 0 aliphatic heterocycles. The van der Waals surface area contributed by atoms with Crippen LogP contribution < -0.4 is 0 Å². The fourth-order valence-corrected chi connectivity index (χ4v) is 7.66. The highest BCUT2D eigenvalue weighted by molar-refractivity contribution is 5.95. The Morgan fingerprint density at radius 2 is 1.88 bits per heavy atom. The minimum atomic E-state index is -2.05. The van der Waals surface area contributed by atoms with Gasteiger partial charge in [-0.15, -0.1) is 0 Å². The summed E-state index contributed by atoms with van der Waals surface area (Å²) < 4.78 is 5.85. The molecule has 34 heavy (non-hydrogen) atoms. The number of carbonyl (C=O) groups is 2. The van der Waals surface area contributed by atoms with Gasteiger partial charge in [0.05, 0.1) is 12.0 Å². The van der Waals surface area contributed by atoms with Gasteiger partial charge in [0.1, 0.15) is 6.10 Å². The average Bonchev–Trinajstić information content (AvgIpc) is 3.27. The zero-order valence-corrected chi connectivity index (χ0v) is 21.3. The SMILES string of the molecule is CCCCCCCC(=O)OC1C(C)=CC23C(=O)C(C=C(CO)C(O)C12O)C1C(CC3C)C1(C)C. The highest BCUT2D eigenvalue weighted by Crippen LogP contribution is 2.71. The predicted octanol–water partition coefficient (Wildman–Crippen LogP) is 3.73. The minimum Gasteiger partial charge on any atom is -0.455 e. The summed E-state index contributed by atoms with van der Waals surface area (Å²) in [5, 5.41) is 34.0. The quantitative estimate of drug-likeness (QED) is 0.281. The zero-order chi connectivity index (χ0) is 25.1. The van der Waals surface area contributed by atoms with E-state index in [2.05, 4.69) is 20.8 Å². The summed E-state index contributed by atoms with van der Waals surface area (Å²) in [5.74, 6) is -0.868. The van der Waals surface area contributed by atoms with Crippen molar-refractivity contribution in [2.24, 2.45) is 34.5 Å². The zero-order valence-electron chi connectivity index (χ0n) is 21.3. The number of esters is 1. The summed E-state index contributed by atoms with van der Waals surface area (Å²) >= 11 is 0. The molecule has 4 rings (SSSR count). The Hall–Kier alpha value is -1.50. The maximum atomic E-state index is 14.3. The molecule has 0 heterocycles. The van der Waals surface area contributed by atoms with E-state index in [-0.39, 0.29) is 35.0 Å². The van der Waals surface area contributed by atoms with E-state index in [0.29, 0.717) is 17.9 Å². The highest BCUT2D eigenvalue weighted by atomic mass is 16.6. The van der Waals surface area contributed by atoms with Gasteiger partial charge in [0.15, 0.2) is 17.5 Å². The van der Waals surface area contributed by atoms with Crippen LogP contribution in [0.3, 0.4) is 0 Å². The van der Waals surface area contributed by atoms with Crippen LogP contribution in [-0.2, 0) is 14.3 Å². The van der Waals surface area contributed by atoms with Gasteiger partial charge in [0.25, 0.3) is 0 Å². The van der Waals surface area contributed by atoms with Gasteiger partial charge in [-0.2, -0.15) is 0 Å². The lowest BCUT2D eigenvalue weighted by atomic mass is 9.59. The number of allylic oxidation sites excluding steroid dienone is 1. The van der Waals surface area contributed by atoms with Crippen LogP contribution in [-0.4, -0.2) is 51.5 Å². The van der Waals surface area contributed by atoms with Crippen LogP contribution in [0.25, 0.3) is 0 Å². The summed E-state index contributed by atoms with van der Waals surface area (Å²) in [7, 11) is 0. The Labute approximate surface area is 203 Å². The summed E-state index contributed by atoms with van der Waals surface area (Å²) in [6, 6.07) is 0. The van der Waals surface area contributed by atoms with Gasteiger partial charge in [-0.1, -0.05) is 65.5 Å². The lowest BCUT2D eigenvalue weighted by Gasteiger charge is -2.48. The van der Waals surface area contributed by atoms with E-state index in [1.165, 1.54) is 0 Å². The van der Waals surface area contributed by atoms with E-state index in [1.807, 2.05) is 6.92 Å². The average molecular weight is 475 g/mol. The molecule has 3 N–H and O–H groups in total. The van der Waals surface area contributed by atoms with Crippen LogP contribution in [0.15, 0.2) is 23.3 Å². The first-order valence-corrected chi connectivity index (χ1v) is 13.1. The van der Waals surface area contributed by atoms with Crippen molar-refractivity contribution >= 4 is 11.8 Å². The molecule has 8 unspecified atom stereocenters. The van der Waals surface area contributed by atoms with Crippen molar-refractivity contribution in [2.75, 3.05) is 6.61 Å². The van der Waals surface area contributed by atoms with Crippen molar-refractivity contribution in [1.82, 2.24) is 0 Å². The first kappa shape index (κ1) is 25.6. The van der Waals surface area contributed by atoms with Gasteiger partial charge in [0.2, 0.25) is 0 Å². The van der Waals surface area contributed by atoms with Gasteiger partial charge in [-0.25, -0.2) is 0 Å². The number of aliphatic hydroxyl groups excluding tert-OH is 2. The number of Topliss-reactive ketones (excluding diaryl/α,β-unsaturated/α-hetero) is 1. The molecule has 0 aromatic rings. The number of carbonyl (C=O) groups excluding carboxylic acids is 2. The van der Waals surface area contributed by atoms with Crippen LogP contribution >= 0.6 is 0 Å². The van der Waals surface area contributed by atoms with Crippen LogP contribution in [0.1, 0.15) is 79.6 Å². The van der Waals surface area contributed by atoms with Crippen LogP contribution in [0.5, 0.6) is 0 Å². The van der Waals surface area contributed by atoms with Gasteiger partial charge in [0, 0.05) is 12.3 Å². The molecule has 0 aromatic heterocycles. The normalized spacial score (nSPS) is 42.1. The van der Waals surface area contributed by atoms with Crippen LogP contribution in [0.2, 0.25) is 0 Å². The van der Waals surface area contributed by atoms with E-state index >= 15 is 0 Å². The molecule has 1 spiro atoms. The Balaban J connectivity index is 1.69. The second-order valence-electron chi connectivity index (χ2n) is 11.9. The van der Waals surface area contributed by atoms with Gasteiger partial charge < -0.3 is 20.1 Å². The van der Waals surface area contributed by atoms with Crippen molar-refractivity contribution in [3.63, 3.8) is 0 Å². The fourth-order valence-electron chi connectivity index (χ4n) is 7.66. The number of aliphatic hydroxyl groups is 3. The molecule has 0 saturated heterocycles.